The number of piperidine rings is 1. The van der Waals surface area contributed by atoms with Crippen LogP contribution in [0.2, 0.25) is 0 Å². The Hall–Kier alpha value is -1.56. The molecule has 1 aromatic rings. The minimum absolute atomic E-state index is 0.0439. The quantitative estimate of drug-likeness (QED) is 0.838. The summed E-state index contributed by atoms with van der Waals surface area (Å²) < 4.78 is 25.3. The Kier molecular flexibility index (Phi) is 4.12. The zero-order valence-corrected chi connectivity index (χ0v) is 13.7. The number of carbonyl (C=O) groups is 1. The smallest absolute Gasteiger partial charge is 0.253 e. The first-order valence-corrected chi connectivity index (χ1v) is 9.48. The Morgan fingerprint density at radius 1 is 1.14 bits per heavy atom. The Bertz CT molecular complexity index is 654. The first-order chi connectivity index (χ1) is 10.5. The Labute approximate surface area is 132 Å². The average Bonchev–Trinajstić information content (AvgIpc) is 2.86. The third-order valence-corrected chi connectivity index (χ3v) is 6.32. The van der Waals surface area contributed by atoms with E-state index >= 15 is 0 Å². The van der Waals surface area contributed by atoms with Crippen molar-refractivity contribution in [3.63, 3.8) is 0 Å². The molecule has 0 radical (unpaired) electrons. The SMILES string of the molecule is C[C@H]1CCCN(C(=O)c2ccc(N3CCCS3(=O)=O)cc2)C1. The summed E-state index contributed by atoms with van der Waals surface area (Å²) in [5.74, 6) is 0.799. The molecule has 0 aliphatic carbocycles. The predicted octanol–water partition coefficient (Wildman–Crippen LogP) is 2.10. The lowest BCUT2D eigenvalue weighted by Gasteiger charge is -2.31. The summed E-state index contributed by atoms with van der Waals surface area (Å²) in [6, 6.07) is 6.96. The van der Waals surface area contributed by atoms with Crippen molar-refractivity contribution in [2.45, 2.75) is 26.2 Å². The van der Waals surface area contributed by atoms with E-state index in [4.69, 9.17) is 0 Å². The summed E-state index contributed by atoms with van der Waals surface area (Å²) in [4.78, 5) is 14.4. The summed E-state index contributed by atoms with van der Waals surface area (Å²) in [7, 11) is -3.16. The van der Waals surface area contributed by atoms with Crippen LogP contribution >= 0.6 is 0 Å². The van der Waals surface area contributed by atoms with E-state index in [1.807, 2.05) is 4.90 Å². The topological polar surface area (TPSA) is 57.7 Å². The number of amides is 1. The second kappa shape index (κ2) is 5.91. The van der Waals surface area contributed by atoms with E-state index in [0.29, 0.717) is 30.1 Å². The number of hydrogen-bond donors (Lipinski definition) is 0. The largest absolute Gasteiger partial charge is 0.338 e. The molecule has 6 heteroatoms. The van der Waals surface area contributed by atoms with Gasteiger partial charge in [0.15, 0.2) is 0 Å². The molecule has 1 amide bonds. The molecule has 2 saturated heterocycles. The van der Waals surface area contributed by atoms with Crippen LogP contribution in [0.5, 0.6) is 0 Å². The fraction of sp³-hybridized carbons (Fsp3) is 0.562. The molecule has 120 valence electrons. The normalized spacial score (nSPS) is 24.5. The summed E-state index contributed by atoms with van der Waals surface area (Å²) in [6.45, 7) is 4.31. The second-order valence-electron chi connectivity index (χ2n) is 6.29. The zero-order chi connectivity index (χ0) is 15.7. The van der Waals surface area contributed by atoms with Crippen LogP contribution in [-0.4, -0.2) is 44.6 Å². The van der Waals surface area contributed by atoms with Crippen molar-refractivity contribution >= 4 is 21.6 Å². The lowest BCUT2D eigenvalue weighted by molar-refractivity contribution is 0.0683. The van der Waals surface area contributed by atoms with E-state index in [1.54, 1.807) is 24.3 Å². The Morgan fingerprint density at radius 2 is 1.86 bits per heavy atom. The van der Waals surface area contributed by atoms with Gasteiger partial charge < -0.3 is 4.90 Å². The van der Waals surface area contributed by atoms with Gasteiger partial charge in [-0.25, -0.2) is 8.42 Å². The minimum Gasteiger partial charge on any atom is -0.338 e. The van der Waals surface area contributed by atoms with Gasteiger partial charge in [-0.3, -0.25) is 9.10 Å². The van der Waals surface area contributed by atoms with E-state index in [1.165, 1.54) is 10.7 Å². The van der Waals surface area contributed by atoms with Gasteiger partial charge in [0.2, 0.25) is 10.0 Å². The van der Waals surface area contributed by atoms with E-state index in [2.05, 4.69) is 6.92 Å². The van der Waals surface area contributed by atoms with Crippen molar-refractivity contribution < 1.29 is 13.2 Å². The second-order valence-corrected chi connectivity index (χ2v) is 8.30. The summed E-state index contributed by atoms with van der Waals surface area (Å²) >= 11 is 0. The van der Waals surface area contributed by atoms with Crippen molar-refractivity contribution in [2.75, 3.05) is 29.7 Å². The number of sulfonamides is 1. The molecule has 0 bridgehead atoms. The van der Waals surface area contributed by atoms with Crippen LogP contribution in [-0.2, 0) is 10.0 Å². The third-order valence-electron chi connectivity index (χ3n) is 4.45. The van der Waals surface area contributed by atoms with E-state index < -0.39 is 10.0 Å². The van der Waals surface area contributed by atoms with Crippen LogP contribution in [0.4, 0.5) is 5.69 Å². The standard InChI is InChI=1S/C16H22N2O3S/c1-13-4-2-9-17(12-13)16(19)14-5-7-15(8-6-14)18-10-3-11-22(18,20)21/h5-8,13H,2-4,9-12H2,1H3/t13-/m0/s1. The number of anilines is 1. The maximum absolute atomic E-state index is 12.5. The van der Waals surface area contributed by atoms with Crippen molar-refractivity contribution in [1.29, 1.82) is 0 Å². The minimum atomic E-state index is -3.16. The van der Waals surface area contributed by atoms with Crippen LogP contribution in [0.25, 0.3) is 0 Å². The highest BCUT2D eigenvalue weighted by Gasteiger charge is 2.28. The predicted molar refractivity (Wildman–Crippen MR) is 86.5 cm³/mol. The van der Waals surface area contributed by atoms with Gasteiger partial charge in [-0.15, -0.1) is 0 Å². The third kappa shape index (κ3) is 2.97. The van der Waals surface area contributed by atoms with E-state index in [9.17, 15) is 13.2 Å². The van der Waals surface area contributed by atoms with Crippen LogP contribution in [0.1, 0.15) is 36.5 Å². The zero-order valence-electron chi connectivity index (χ0n) is 12.9. The molecular formula is C16H22N2O3S. The van der Waals surface area contributed by atoms with Crippen molar-refractivity contribution in [1.82, 2.24) is 4.90 Å². The van der Waals surface area contributed by atoms with Gasteiger partial charge in [0.25, 0.3) is 5.91 Å². The molecule has 3 rings (SSSR count). The average molecular weight is 322 g/mol. The molecule has 2 aliphatic heterocycles. The van der Waals surface area contributed by atoms with Gasteiger partial charge in [-0.1, -0.05) is 6.92 Å². The van der Waals surface area contributed by atoms with E-state index in [-0.39, 0.29) is 11.7 Å². The fourth-order valence-corrected chi connectivity index (χ4v) is 4.82. The monoisotopic (exact) mass is 322 g/mol. The van der Waals surface area contributed by atoms with Crippen LogP contribution < -0.4 is 4.31 Å². The van der Waals surface area contributed by atoms with E-state index in [0.717, 1.165) is 19.5 Å². The molecule has 5 nitrogen and oxygen atoms in total. The number of nitrogens with zero attached hydrogens (tertiary/aromatic N) is 2. The van der Waals surface area contributed by atoms with Crippen molar-refractivity contribution in [2.24, 2.45) is 5.92 Å². The van der Waals surface area contributed by atoms with Gasteiger partial charge in [0.05, 0.1) is 11.4 Å². The first kappa shape index (κ1) is 15.3. The fourth-order valence-electron chi connectivity index (χ4n) is 3.26. The van der Waals surface area contributed by atoms with Crippen LogP contribution in [0.3, 0.4) is 0 Å². The van der Waals surface area contributed by atoms with Gasteiger partial charge in [-0.05, 0) is 49.4 Å². The molecule has 1 aromatic carbocycles. The Morgan fingerprint density at radius 3 is 2.45 bits per heavy atom. The molecule has 22 heavy (non-hydrogen) atoms. The highest BCUT2D eigenvalue weighted by atomic mass is 32.2. The lowest BCUT2D eigenvalue weighted by atomic mass is 9.99. The van der Waals surface area contributed by atoms with Gasteiger partial charge in [-0.2, -0.15) is 0 Å². The summed E-state index contributed by atoms with van der Waals surface area (Å²) in [5, 5.41) is 0. The molecule has 2 heterocycles. The molecule has 0 aromatic heterocycles. The molecule has 2 aliphatic rings. The number of likely N-dealkylation sites (tertiary alicyclic amines) is 1. The molecule has 1 atom stereocenters. The van der Waals surface area contributed by atoms with Crippen LogP contribution in [0, 0.1) is 5.92 Å². The molecule has 2 fully saturated rings. The molecule has 0 spiro atoms. The van der Waals surface area contributed by atoms with Gasteiger partial charge in [0.1, 0.15) is 0 Å². The molecular weight excluding hydrogens is 300 g/mol. The number of benzene rings is 1. The first-order valence-electron chi connectivity index (χ1n) is 7.87. The van der Waals surface area contributed by atoms with Gasteiger partial charge >= 0.3 is 0 Å². The molecule has 0 N–H and O–H groups in total. The highest BCUT2D eigenvalue weighted by Crippen LogP contribution is 2.25. The van der Waals surface area contributed by atoms with Crippen molar-refractivity contribution in [3.8, 4) is 0 Å². The van der Waals surface area contributed by atoms with Crippen molar-refractivity contribution in [3.05, 3.63) is 29.8 Å². The number of carbonyl (C=O) groups excluding carboxylic acids is 1. The molecule has 0 saturated carbocycles. The molecule has 0 unspecified atom stereocenters. The number of rotatable bonds is 2. The Balaban J connectivity index is 1.75. The maximum atomic E-state index is 12.5. The summed E-state index contributed by atoms with van der Waals surface area (Å²) in [5.41, 5.74) is 1.29. The highest BCUT2D eigenvalue weighted by molar-refractivity contribution is 7.93. The lowest BCUT2D eigenvalue weighted by Crippen LogP contribution is -2.39. The van der Waals surface area contributed by atoms with Crippen LogP contribution in [0.15, 0.2) is 24.3 Å². The maximum Gasteiger partial charge on any atom is 0.253 e. The van der Waals surface area contributed by atoms with Gasteiger partial charge in [0, 0.05) is 25.2 Å². The summed E-state index contributed by atoms with van der Waals surface area (Å²) in [6.07, 6.45) is 2.89. The number of hydrogen-bond acceptors (Lipinski definition) is 3.